The lowest BCUT2D eigenvalue weighted by molar-refractivity contribution is -0.125. The van der Waals surface area contributed by atoms with Crippen LogP contribution in [-0.4, -0.2) is 37.6 Å². The smallest absolute Gasteiger partial charge is 0.237 e. The number of amides is 1. The number of hydrogen-bond donors (Lipinski definition) is 1. The molecule has 0 saturated heterocycles. The Morgan fingerprint density at radius 1 is 1.41 bits per heavy atom. The van der Waals surface area contributed by atoms with Gasteiger partial charge in [-0.15, -0.1) is 0 Å². The van der Waals surface area contributed by atoms with Crippen LogP contribution in [0.25, 0.3) is 0 Å². The van der Waals surface area contributed by atoms with Crippen molar-refractivity contribution in [1.82, 2.24) is 10.2 Å². The third-order valence-corrected chi connectivity index (χ3v) is 4.66. The van der Waals surface area contributed by atoms with Crippen molar-refractivity contribution in [2.45, 2.75) is 45.2 Å². The van der Waals surface area contributed by atoms with Crippen LogP contribution < -0.4 is 10.1 Å². The van der Waals surface area contributed by atoms with Gasteiger partial charge in [0.25, 0.3) is 0 Å². The third-order valence-electron chi connectivity index (χ3n) is 4.66. The summed E-state index contributed by atoms with van der Waals surface area (Å²) < 4.78 is 5.20. The van der Waals surface area contributed by atoms with Crippen LogP contribution in [0.3, 0.4) is 0 Å². The molecule has 0 aromatic heterocycles. The monoisotopic (exact) mass is 304 g/mol. The number of carbonyl (C=O) groups is 1. The molecular weight excluding hydrogens is 276 g/mol. The summed E-state index contributed by atoms with van der Waals surface area (Å²) in [5, 5.41) is 3.02. The van der Waals surface area contributed by atoms with Gasteiger partial charge in [0, 0.05) is 13.1 Å². The second-order valence-electron chi connectivity index (χ2n) is 6.34. The number of hydrogen-bond acceptors (Lipinski definition) is 3. The number of nitrogens with one attached hydrogen (secondary N) is 1. The molecule has 4 heteroatoms. The average molecular weight is 304 g/mol. The van der Waals surface area contributed by atoms with Crippen LogP contribution in [0.5, 0.6) is 5.75 Å². The minimum atomic E-state index is -0.0915. The molecule has 22 heavy (non-hydrogen) atoms. The van der Waals surface area contributed by atoms with Crippen molar-refractivity contribution >= 4 is 5.91 Å². The van der Waals surface area contributed by atoms with Crippen molar-refractivity contribution in [1.29, 1.82) is 0 Å². The average Bonchev–Trinajstić information content (AvgIpc) is 3.04. The zero-order valence-corrected chi connectivity index (χ0v) is 14.0. The highest BCUT2D eigenvalue weighted by atomic mass is 16.5. The molecule has 2 rings (SSSR count). The van der Waals surface area contributed by atoms with Crippen LogP contribution in [0, 0.1) is 5.92 Å². The molecule has 4 nitrogen and oxygen atoms in total. The van der Waals surface area contributed by atoms with Gasteiger partial charge in [-0.25, -0.2) is 0 Å². The first-order valence-corrected chi connectivity index (χ1v) is 8.21. The summed E-state index contributed by atoms with van der Waals surface area (Å²) in [6.45, 7) is 3.54. The maximum Gasteiger partial charge on any atom is 0.237 e. The molecule has 1 saturated carbocycles. The molecule has 1 aliphatic rings. The van der Waals surface area contributed by atoms with Gasteiger partial charge in [-0.1, -0.05) is 25.0 Å². The Hall–Kier alpha value is -1.55. The fourth-order valence-electron chi connectivity index (χ4n) is 3.08. The molecule has 1 aromatic carbocycles. The molecule has 122 valence electrons. The first kappa shape index (κ1) is 16.8. The number of rotatable bonds is 7. The summed E-state index contributed by atoms with van der Waals surface area (Å²) in [6, 6.07) is 7.70. The van der Waals surface area contributed by atoms with Crippen molar-refractivity contribution in [2.24, 2.45) is 5.92 Å². The molecule has 1 atom stereocenters. The predicted molar refractivity (Wildman–Crippen MR) is 88.9 cm³/mol. The second-order valence-corrected chi connectivity index (χ2v) is 6.34. The Balaban J connectivity index is 1.79. The highest BCUT2D eigenvalue weighted by Gasteiger charge is 2.22. The Morgan fingerprint density at radius 2 is 2.14 bits per heavy atom. The van der Waals surface area contributed by atoms with E-state index in [1.54, 1.807) is 7.11 Å². The van der Waals surface area contributed by atoms with Crippen LogP contribution in [0.1, 0.15) is 38.2 Å². The maximum atomic E-state index is 12.3. The van der Waals surface area contributed by atoms with E-state index in [0.717, 1.165) is 23.8 Å². The predicted octanol–water partition coefficient (Wildman–Crippen LogP) is 2.82. The zero-order valence-electron chi connectivity index (χ0n) is 14.0. The Kier molecular flexibility index (Phi) is 6.25. The van der Waals surface area contributed by atoms with Gasteiger partial charge in [-0.05, 0) is 50.4 Å². The van der Waals surface area contributed by atoms with Gasteiger partial charge in [0.2, 0.25) is 5.91 Å². The molecule has 0 aliphatic heterocycles. The molecule has 1 fully saturated rings. The number of ether oxygens (including phenoxy) is 1. The molecule has 1 unspecified atom stereocenters. The van der Waals surface area contributed by atoms with Crippen molar-refractivity contribution in [3.63, 3.8) is 0 Å². The number of likely N-dealkylation sites (N-methyl/N-ethyl adjacent to an activating group) is 1. The molecule has 0 heterocycles. The Morgan fingerprint density at radius 3 is 2.82 bits per heavy atom. The molecule has 1 N–H and O–H groups in total. The Labute approximate surface area is 133 Å². The number of nitrogens with zero attached hydrogens (tertiary/aromatic N) is 1. The lowest BCUT2D eigenvalue weighted by Crippen LogP contribution is -2.44. The minimum Gasteiger partial charge on any atom is -0.497 e. The van der Waals surface area contributed by atoms with Gasteiger partial charge in [0.05, 0.1) is 13.2 Å². The second kappa shape index (κ2) is 8.18. The van der Waals surface area contributed by atoms with Crippen LogP contribution in [0.2, 0.25) is 0 Å². The zero-order chi connectivity index (χ0) is 15.9. The van der Waals surface area contributed by atoms with Crippen LogP contribution >= 0.6 is 0 Å². The normalized spacial score (nSPS) is 16.7. The molecule has 1 aromatic rings. The fraction of sp³-hybridized carbons (Fsp3) is 0.611. The van der Waals surface area contributed by atoms with Gasteiger partial charge in [-0.3, -0.25) is 9.69 Å². The molecule has 0 radical (unpaired) electrons. The molecule has 1 amide bonds. The highest BCUT2D eigenvalue weighted by molar-refractivity contribution is 5.81. The van der Waals surface area contributed by atoms with E-state index < -0.39 is 0 Å². The summed E-state index contributed by atoms with van der Waals surface area (Å²) in [7, 11) is 3.70. The van der Waals surface area contributed by atoms with Gasteiger partial charge < -0.3 is 10.1 Å². The first-order valence-electron chi connectivity index (χ1n) is 8.21. The third kappa shape index (κ3) is 4.73. The van der Waals surface area contributed by atoms with E-state index in [1.165, 1.54) is 25.7 Å². The summed E-state index contributed by atoms with van der Waals surface area (Å²) in [5.41, 5.74) is 1.05. The van der Waals surface area contributed by atoms with E-state index in [2.05, 4.69) is 10.2 Å². The molecule has 1 aliphatic carbocycles. The summed E-state index contributed by atoms with van der Waals surface area (Å²) in [5.74, 6) is 1.67. The number of benzene rings is 1. The van der Waals surface area contributed by atoms with Gasteiger partial charge in [0.15, 0.2) is 0 Å². The van der Waals surface area contributed by atoms with E-state index in [0.29, 0.717) is 6.54 Å². The SMILES string of the molecule is COc1cccc(CNC(=O)C(C)N(C)CC2CCCC2)c1. The largest absolute Gasteiger partial charge is 0.497 e. The Bertz CT molecular complexity index is 484. The van der Waals surface area contributed by atoms with Crippen LogP contribution in [0.15, 0.2) is 24.3 Å². The van der Waals surface area contributed by atoms with Crippen molar-refractivity contribution in [3.8, 4) is 5.75 Å². The van der Waals surface area contributed by atoms with Crippen LogP contribution in [-0.2, 0) is 11.3 Å². The van der Waals surface area contributed by atoms with E-state index in [-0.39, 0.29) is 11.9 Å². The first-order chi connectivity index (χ1) is 10.6. The van der Waals surface area contributed by atoms with Gasteiger partial charge in [-0.2, -0.15) is 0 Å². The maximum absolute atomic E-state index is 12.3. The van der Waals surface area contributed by atoms with Crippen LogP contribution in [0.4, 0.5) is 0 Å². The van der Waals surface area contributed by atoms with Gasteiger partial charge in [0.1, 0.15) is 5.75 Å². The minimum absolute atomic E-state index is 0.0864. The van der Waals surface area contributed by atoms with Crippen molar-refractivity contribution < 1.29 is 9.53 Å². The lowest BCUT2D eigenvalue weighted by Gasteiger charge is -2.26. The van der Waals surface area contributed by atoms with Crippen molar-refractivity contribution in [2.75, 3.05) is 20.7 Å². The fourth-order valence-corrected chi connectivity index (χ4v) is 3.08. The topological polar surface area (TPSA) is 41.6 Å². The van der Waals surface area contributed by atoms with E-state index in [9.17, 15) is 4.79 Å². The molecular formula is C18H28N2O2. The molecule has 0 bridgehead atoms. The summed E-state index contributed by atoms with van der Waals surface area (Å²) in [4.78, 5) is 14.5. The highest BCUT2D eigenvalue weighted by Crippen LogP contribution is 2.25. The van der Waals surface area contributed by atoms with E-state index >= 15 is 0 Å². The van der Waals surface area contributed by atoms with E-state index in [1.807, 2.05) is 38.2 Å². The van der Waals surface area contributed by atoms with Gasteiger partial charge >= 0.3 is 0 Å². The lowest BCUT2D eigenvalue weighted by atomic mass is 10.1. The molecule has 0 spiro atoms. The standard InChI is InChI=1S/C18H28N2O2/c1-14(20(2)13-15-7-4-5-8-15)18(21)19-12-16-9-6-10-17(11-16)22-3/h6,9-11,14-15H,4-5,7-8,12-13H2,1-3H3,(H,19,21). The number of methoxy groups -OCH3 is 1. The van der Waals surface area contributed by atoms with Crippen molar-refractivity contribution in [3.05, 3.63) is 29.8 Å². The quantitative estimate of drug-likeness (QED) is 0.842. The number of carbonyl (C=O) groups excluding carboxylic acids is 1. The van der Waals surface area contributed by atoms with E-state index in [4.69, 9.17) is 4.74 Å². The summed E-state index contributed by atoms with van der Waals surface area (Å²) in [6.07, 6.45) is 5.30. The summed E-state index contributed by atoms with van der Waals surface area (Å²) >= 11 is 0.